The molecule has 1 fully saturated rings. The standard InChI is InChI=1S/C12H23NO2/c1-5-9-8-13(7-6-10(9)14)11(15)12(2,3)4/h9-10,14H,5-8H2,1-4H3. The van der Waals surface area contributed by atoms with Gasteiger partial charge in [0.25, 0.3) is 0 Å². The third-order valence-corrected chi connectivity index (χ3v) is 3.15. The van der Waals surface area contributed by atoms with Crippen molar-refractivity contribution in [3.8, 4) is 0 Å². The van der Waals surface area contributed by atoms with Gasteiger partial charge in [-0.3, -0.25) is 4.79 Å². The minimum absolute atomic E-state index is 0.202. The van der Waals surface area contributed by atoms with Gasteiger partial charge in [-0.1, -0.05) is 27.7 Å². The van der Waals surface area contributed by atoms with Crippen LogP contribution in [-0.2, 0) is 4.79 Å². The second kappa shape index (κ2) is 4.52. The van der Waals surface area contributed by atoms with Crippen molar-refractivity contribution in [3.05, 3.63) is 0 Å². The summed E-state index contributed by atoms with van der Waals surface area (Å²) in [4.78, 5) is 13.9. The van der Waals surface area contributed by atoms with Crippen LogP contribution in [0.4, 0.5) is 0 Å². The third-order valence-electron chi connectivity index (χ3n) is 3.15. The van der Waals surface area contributed by atoms with E-state index in [2.05, 4.69) is 6.92 Å². The monoisotopic (exact) mass is 213 g/mol. The highest BCUT2D eigenvalue weighted by Crippen LogP contribution is 2.25. The molecule has 0 aromatic rings. The summed E-state index contributed by atoms with van der Waals surface area (Å²) in [5, 5.41) is 9.73. The molecule has 2 unspecified atom stereocenters. The van der Waals surface area contributed by atoms with Crippen molar-refractivity contribution in [2.24, 2.45) is 11.3 Å². The molecule has 1 N–H and O–H groups in total. The van der Waals surface area contributed by atoms with Crippen molar-refractivity contribution >= 4 is 5.91 Å². The van der Waals surface area contributed by atoms with Gasteiger partial charge in [-0.05, 0) is 12.8 Å². The number of piperidine rings is 1. The number of likely N-dealkylation sites (tertiary alicyclic amines) is 1. The van der Waals surface area contributed by atoms with Gasteiger partial charge in [0.1, 0.15) is 0 Å². The Bertz CT molecular complexity index is 232. The molecule has 1 saturated heterocycles. The molecule has 1 amide bonds. The Kier molecular flexibility index (Phi) is 3.77. The molecule has 0 saturated carbocycles. The molecular formula is C12H23NO2. The molecule has 2 atom stereocenters. The molecular weight excluding hydrogens is 190 g/mol. The van der Waals surface area contributed by atoms with Gasteiger partial charge in [0, 0.05) is 24.4 Å². The summed E-state index contributed by atoms with van der Waals surface area (Å²) < 4.78 is 0. The van der Waals surface area contributed by atoms with E-state index in [1.165, 1.54) is 0 Å². The number of rotatable bonds is 1. The fourth-order valence-electron chi connectivity index (χ4n) is 2.08. The van der Waals surface area contributed by atoms with Crippen LogP contribution in [0.1, 0.15) is 40.5 Å². The van der Waals surface area contributed by atoms with E-state index in [0.29, 0.717) is 13.1 Å². The predicted molar refractivity (Wildman–Crippen MR) is 60.4 cm³/mol. The number of carbonyl (C=O) groups excluding carboxylic acids is 1. The fraction of sp³-hybridized carbons (Fsp3) is 0.917. The molecule has 0 bridgehead atoms. The molecule has 1 aliphatic rings. The summed E-state index contributed by atoms with van der Waals surface area (Å²) in [7, 11) is 0. The van der Waals surface area contributed by atoms with Crippen LogP contribution in [0.3, 0.4) is 0 Å². The molecule has 0 radical (unpaired) electrons. The van der Waals surface area contributed by atoms with Crippen LogP contribution in [0.25, 0.3) is 0 Å². The first-order valence-electron chi connectivity index (χ1n) is 5.83. The molecule has 15 heavy (non-hydrogen) atoms. The lowest BCUT2D eigenvalue weighted by atomic mass is 9.89. The topological polar surface area (TPSA) is 40.5 Å². The van der Waals surface area contributed by atoms with Gasteiger partial charge >= 0.3 is 0 Å². The van der Waals surface area contributed by atoms with Gasteiger partial charge in [-0.15, -0.1) is 0 Å². The summed E-state index contributed by atoms with van der Waals surface area (Å²) >= 11 is 0. The molecule has 3 nitrogen and oxygen atoms in total. The van der Waals surface area contributed by atoms with Crippen LogP contribution in [0.5, 0.6) is 0 Å². The predicted octanol–water partition coefficient (Wildman–Crippen LogP) is 1.65. The Hall–Kier alpha value is -0.570. The van der Waals surface area contributed by atoms with Gasteiger partial charge in [0.15, 0.2) is 0 Å². The second-order valence-corrected chi connectivity index (χ2v) is 5.53. The lowest BCUT2D eigenvalue weighted by Crippen LogP contribution is -2.49. The molecule has 88 valence electrons. The molecule has 0 aromatic heterocycles. The van der Waals surface area contributed by atoms with Crippen molar-refractivity contribution in [2.45, 2.75) is 46.6 Å². The highest BCUT2D eigenvalue weighted by Gasteiger charge is 2.33. The summed E-state index contributed by atoms with van der Waals surface area (Å²) in [6, 6.07) is 0. The van der Waals surface area contributed by atoms with E-state index in [-0.39, 0.29) is 23.3 Å². The Morgan fingerprint density at radius 1 is 1.47 bits per heavy atom. The maximum atomic E-state index is 12.0. The Morgan fingerprint density at radius 2 is 2.07 bits per heavy atom. The van der Waals surface area contributed by atoms with Crippen molar-refractivity contribution < 1.29 is 9.90 Å². The zero-order valence-corrected chi connectivity index (χ0v) is 10.3. The summed E-state index contributed by atoms with van der Waals surface area (Å²) in [6.45, 7) is 9.32. The third kappa shape index (κ3) is 2.94. The average Bonchev–Trinajstić information content (AvgIpc) is 2.16. The van der Waals surface area contributed by atoms with Crippen molar-refractivity contribution in [1.29, 1.82) is 0 Å². The van der Waals surface area contributed by atoms with Gasteiger partial charge < -0.3 is 10.0 Å². The average molecular weight is 213 g/mol. The summed E-state index contributed by atoms with van der Waals surface area (Å²) in [5.41, 5.74) is -0.305. The first-order chi connectivity index (χ1) is 6.86. The van der Waals surface area contributed by atoms with E-state index in [4.69, 9.17) is 0 Å². The maximum absolute atomic E-state index is 12.0. The largest absolute Gasteiger partial charge is 0.393 e. The molecule has 1 rings (SSSR count). The van der Waals surface area contributed by atoms with E-state index in [1.807, 2.05) is 25.7 Å². The van der Waals surface area contributed by atoms with Gasteiger partial charge in [0.2, 0.25) is 5.91 Å². The summed E-state index contributed by atoms with van der Waals surface area (Å²) in [5.74, 6) is 0.456. The van der Waals surface area contributed by atoms with E-state index in [9.17, 15) is 9.90 Å². The van der Waals surface area contributed by atoms with Crippen LogP contribution in [0.2, 0.25) is 0 Å². The number of aliphatic hydroxyl groups excluding tert-OH is 1. The number of nitrogens with zero attached hydrogens (tertiary/aromatic N) is 1. The number of hydrogen-bond donors (Lipinski definition) is 1. The lowest BCUT2D eigenvalue weighted by Gasteiger charge is -2.38. The van der Waals surface area contributed by atoms with E-state index in [1.54, 1.807) is 0 Å². The van der Waals surface area contributed by atoms with Gasteiger partial charge in [-0.25, -0.2) is 0 Å². The van der Waals surface area contributed by atoms with Crippen molar-refractivity contribution in [1.82, 2.24) is 4.90 Å². The first kappa shape index (κ1) is 12.5. The molecule has 0 aliphatic carbocycles. The number of carbonyl (C=O) groups is 1. The van der Waals surface area contributed by atoms with E-state index < -0.39 is 0 Å². The molecule has 1 heterocycles. The van der Waals surface area contributed by atoms with E-state index >= 15 is 0 Å². The minimum atomic E-state index is -0.305. The quantitative estimate of drug-likeness (QED) is 0.719. The highest BCUT2D eigenvalue weighted by molar-refractivity contribution is 5.81. The number of amides is 1. The Morgan fingerprint density at radius 3 is 2.53 bits per heavy atom. The minimum Gasteiger partial charge on any atom is -0.393 e. The highest BCUT2D eigenvalue weighted by atomic mass is 16.3. The lowest BCUT2D eigenvalue weighted by molar-refractivity contribution is -0.143. The summed E-state index contributed by atoms with van der Waals surface area (Å²) in [6.07, 6.45) is 1.44. The van der Waals surface area contributed by atoms with Crippen molar-refractivity contribution in [2.75, 3.05) is 13.1 Å². The SMILES string of the molecule is CCC1CN(C(=O)C(C)(C)C)CCC1O. The van der Waals surface area contributed by atoms with Crippen LogP contribution in [-0.4, -0.2) is 35.1 Å². The normalized spacial score (nSPS) is 27.9. The zero-order chi connectivity index (χ0) is 11.6. The first-order valence-corrected chi connectivity index (χ1v) is 5.83. The van der Waals surface area contributed by atoms with Gasteiger partial charge in [0.05, 0.1) is 6.10 Å². The molecule has 0 spiro atoms. The molecule has 1 aliphatic heterocycles. The van der Waals surface area contributed by atoms with Crippen LogP contribution in [0.15, 0.2) is 0 Å². The van der Waals surface area contributed by atoms with Crippen molar-refractivity contribution in [3.63, 3.8) is 0 Å². The number of aliphatic hydroxyl groups is 1. The molecule has 3 heteroatoms. The van der Waals surface area contributed by atoms with Crippen LogP contribution in [0, 0.1) is 11.3 Å². The van der Waals surface area contributed by atoms with Crippen LogP contribution < -0.4 is 0 Å². The zero-order valence-electron chi connectivity index (χ0n) is 10.3. The fourth-order valence-corrected chi connectivity index (χ4v) is 2.08. The van der Waals surface area contributed by atoms with Gasteiger partial charge in [-0.2, -0.15) is 0 Å². The van der Waals surface area contributed by atoms with E-state index in [0.717, 1.165) is 12.8 Å². The smallest absolute Gasteiger partial charge is 0.227 e. The number of hydrogen-bond acceptors (Lipinski definition) is 2. The Balaban J connectivity index is 2.62. The maximum Gasteiger partial charge on any atom is 0.227 e. The van der Waals surface area contributed by atoms with Crippen LogP contribution >= 0.6 is 0 Å². The Labute approximate surface area is 92.5 Å². The second-order valence-electron chi connectivity index (χ2n) is 5.53. The molecule has 0 aromatic carbocycles.